The number of ether oxygens (including phenoxy) is 2. The molecule has 0 aliphatic heterocycles. The molecule has 0 saturated carbocycles. The molecule has 0 atom stereocenters. The van der Waals surface area contributed by atoms with Crippen molar-refractivity contribution in [2.75, 3.05) is 24.8 Å². The third kappa shape index (κ3) is 7.01. The average molecular weight is 560 g/mol. The lowest BCUT2D eigenvalue weighted by atomic mass is 10.1. The summed E-state index contributed by atoms with van der Waals surface area (Å²) in [7, 11) is 1.58. The third-order valence-electron chi connectivity index (χ3n) is 6.17. The Morgan fingerprint density at radius 3 is 2.35 bits per heavy atom. The number of aryl methyl sites for hydroxylation is 2. The van der Waals surface area contributed by atoms with Gasteiger partial charge in [0.25, 0.3) is 5.91 Å². The molecule has 9 nitrogen and oxygen atoms in total. The van der Waals surface area contributed by atoms with Crippen molar-refractivity contribution in [3.05, 3.63) is 89.2 Å². The van der Waals surface area contributed by atoms with E-state index in [-0.39, 0.29) is 24.1 Å². The quantitative estimate of drug-likeness (QED) is 0.230. The van der Waals surface area contributed by atoms with E-state index in [1.54, 1.807) is 43.5 Å². The Bertz CT molecular complexity index is 1450. The van der Waals surface area contributed by atoms with E-state index >= 15 is 0 Å². The van der Waals surface area contributed by atoms with Gasteiger partial charge in [-0.3, -0.25) is 14.2 Å². The standard InChI is InChI=1S/C30H33N5O4S/c1-5-21-9-7-8-20(3)28(21)35-26(18-31-29(37)22-10-14-24(38-4)15-11-22)33-34-30(35)40-19-27(36)32-23-12-16-25(17-13-23)39-6-2/h7-17H,5-6,18-19H2,1-4H3,(H,31,37)(H,32,36). The van der Waals surface area contributed by atoms with Gasteiger partial charge in [0.2, 0.25) is 5.91 Å². The van der Waals surface area contributed by atoms with Crippen LogP contribution < -0.4 is 20.1 Å². The molecule has 0 aliphatic carbocycles. The highest BCUT2D eigenvalue weighted by Gasteiger charge is 2.20. The fourth-order valence-corrected chi connectivity index (χ4v) is 4.95. The van der Waals surface area contributed by atoms with E-state index in [4.69, 9.17) is 9.47 Å². The first kappa shape index (κ1) is 28.7. The molecule has 3 aromatic carbocycles. The summed E-state index contributed by atoms with van der Waals surface area (Å²) in [5.74, 6) is 1.73. The van der Waals surface area contributed by atoms with Gasteiger partial charge in [-0.2, -0.15) is 0 Å². The zero-order valence-electron chi connectivity index (χ0n) is 23.1. The molecular formula is C30H33N5O4S. The Morgan fingerprint density at radius 2 is 1.68 bits per heavy atom. The molecule has 0 radical (unpaired) electrons. The molecule has 0 fully saturated rings. The number of amides is 2. The summed E-state index contributed by atoms with van der Waals surface area (Å²) in [6.07, 6.45) is 0.801. The van der Waals surface area contributed by atoms with E-state index < -0.39 is 0 Å². The van der Waals surface area contributed by atoms with E-state index in [2.05, 4.69) is 33.8 Å². The van der Waals surface area contributed by atoms with Crippen LogP contribution in [0, 0.1) is 6.92 Å². The van der Waals surface area contributed by atoms with Crippen LogP contribution in [0.4, 0.5) is 5.69 Å². The first-order chi connectivity index (χ1) is 19.4. The van der Waals surface area contributed by atoms with Crippen molar-refractivity contribution in [1.82, 2.24) is 20.1 Å². The molecule has 2 N–H and O–H groups in total. The second-order valence-corrected chi connectivity index (χ2v) is 9.82. The van der Waals surface area contributed by atoms with Crippen LogP contribution in [-0.4, -0.2) is 46.0 Å². The molecule has 40 heavy (non-hydrogen) atoms. The van der Waals surface area contributed by atoms with Crippen molar-refractivity contribution >= 4 is 29.3 Å². The van der Waals surface area contributed by atoms with Crippen LogP contribution in [0.15, 0.2) is 71.9 Å². The second kappa shape index (κ2) is 13.7. The molecule has 0 saturated heterocycles. The second-order valence-electron chi connectivity index (χ2n) is 8.88. The van der Waals surface area contributed by atoms with E-state index in [9.17, 15) is 9.59 Å². The summed E-state index contributed by atoms with van der Waals surface area (Å²) in [5.41, 5.74) is 4.31. The maximum atomic E-state index is 12.8. The Kier molecular flexibility index (Phi) is 9.80. The van der Waals surface area contributed by atoms with Crippen LogP contribution >= 0.6 is 11.8 Å². The Morgan fingerprint density at radius 1 is 0.950 bits per heavy atom. The summed E-state index contributed by atoms with van der Waals surface area (Å²) >= 11 is 1.29. The number of hydrogen-bond acceptors (Lipinski definition) is 7. The first-order valence-corrected chi connectivity index (χ1v) is 14.0. The van der Waals surface area contributed by atoms with Gasteiger partial charge in [-0.1, -0.05) is 36.9 Å². The third-order valence-corrected chi connectivity index (χ3v) is 7.10. The number of methoxy groups -OCH3 is 1. The summed E-state index contributed by atoms with van der Waals surface area (Å²) in [6.45, 7) is 6.78. The Balaban J connectivity index is 1.53. The lowest BCUT2D eigenvalue weighted by molar-refractivity contribution is -0.113. The normalized spacial score (nSPS) is 10.7. The van der Waals surface area contributed by atoms with Crippen LogP contribution in [0.3, 0.4) is 0 Å². The number of carbonyl (C=O) groups is 2. The van der Waals surface area contributed by atoms with E-state index in [0.29, 0.717) is 34.6 Å². The van der Waals surface area contributed by atoms with E-state index in [1.165, 1.54) is 11.8 Å². The zero-order valence-corrected chi connectivity index (χ0v) is 23.9. The molecule has 2 amide bonds. The average Bonchev–Trinajstić information content (AvgIpc) is 3.37. The molecule has 1 aromatic heterocycles. The van der Waals surface area contributed by atoms with Crippen molar-refractivity contribution in [2.45, 2.75) is 38.9 Å². The number of carbonyl (C=O) groups excluding carboxylic acids is 2. The van der Waals surface area contributed by atoms with Gasteiger partial charge in [-0.05, 0) is 79.9 Å². The molecule has 4 aromatic rings. The van der Waals surface area contributed by atoms with Gasteiger partial charge in [0.1, 0.15) is 11.5 Å². The van der Waals surface area contributed by atoms with Gasteiger partial charge < -0.3 is 20.1 Å². The SMILES string of the molecule is CCOc1ccc(NC(=O)CSc2nnc(CNC(=O)c3ccc(OC)cc3)n2-c2c(C)cccc2CC)cc1. The predicted molar refractivity (Wildman–Crippen MR) is 157 cm³/mol. The molecule has 208 valence electrons. The molecule has 10 heteroatoms. The smallest absolute Gasteiger partial charge is 0.251 e. The van der Waals surface area contributed by atoms with Crippen LogP contribution in [0.1, 0.15) is 41.2 Å². The number of thioether (sulfide) groups is 1. The van der Waals surface area contributed by atoms with Crippen LogP contribution in [-0.2, 0) is 17.8 Å². The Labute approximate surface area is 238 Å². The van der Waals surface area contributed by atoms with Crippen LogP contribution in [0.5, 0.6) is 11.5 Å². The highest BCUT2D eigenvalue weighted by molar-refractivity contribution is 7.99. The van der Waals surface area contributed by atoms with Gasteiger partial charge >= 0.3 is 0 Å². The monoisotopic (exact) mass is 559 g/mol. The van der Waals surface area contributed by atoms with E-state index in [1.807, 2.05) is 42.7 Å². The fourth-order valence-electron chi connectivity index (χ4n) is 4.19. The fraction of sp³-hybridized carbons (Fsp3) is 0.267. The van der Waals surface area contributed by atoms with Crippen molar-refractivity contribution in [1.29, 1.82) is 0 Å². The minimum absolute atomic E-state index is 0.136. The highest BCUT2D eigenvalue weighted by Crippen LogP contribution is 2.28. The maximum Gasteiger partial charge on any atom is 0.251 e. The lowest BCUT2D eigenvalue weighted by Crippen LogP contribution is -2.25. The minimum Gasteiger partial charge on any atom is -0.497 e. The van der Waals surface area contributed by atoms with Gasteiger partial charge in [-0.25, -0.2) is 0 Å². The molecule has 1 heterocycles. The highest BCUT2D eigenvalue weighted by atomic mass is 32.2. The number of aromatic nitrogens is 3. The summed E-state index contributed by atoms with van der Waals surface area (Å²) in [6, 6.07) is 20.3. The maximum absolute atomic E-state index is 12.8. The number of para-hydroxylation sites is 1. The number of benzene rings is 3. The number of rotatable bonds is 12. The van der Waals surface area contributed by atoms with Crippen LogP contribution in [0.2, 0.25) is 0 Å². The summed E-state index contributed by atoms with van der Waals surface area (Å²) < 4.78 is 12.6. The zero-order chi connectivity index (χ0) is 28.5. The van der Waals surface area contributed by atoms with Crippen molar-refractivity contribution in [3.8, 4) is 17.2 Å². The number of anilines is 1. The molecule has 0 unspecified atom stereocenters. The molecule has 0 bridgehead atoms. The molecular weight excluding hydrogens is 526 g/mol. The largest absolute Gasteiger partial charge is 0.497 e. The molecule has 4 rings (SSSR count). The van der Waals surface area contributed by atoms with Crippen molar-refractivity contribution < 1.29 is 19.1 Å². The predicted octanol–water partition coefficient (Wildman–Crippen LogP) is 5.21. The molecule has 0 spiro atoms. The van der Waals surface area contributed by atoms with Gasteiger partial charge in [0, 0.05) is 11.3 Å². The summed E-state index contributed by atoms with van der Waals surface area (Å²) in [5, 5.41) is 15.2. The van der Waals surface area contributed by atoms with Gasteiger partial charge in [0.05, 0.1) is 31.7 Å². The van der Waals surface area contributed by atoms with Crippen molar-refractivity contribution in [3.63, 3.8) is 0 Å². The number of nitrogens with zero attached hydrogens (tertiary/aromatic N) is 3. The first-order valence-electron chi connectivity index (χ1n) is 13.0. The number of hydrogen-bond donors (Lipinski definition) is 2. The van der Waals surface area contributed by atoms with Gasteiger partial charge in [-0.15, -0.1) is 10.2 Å². The topological polar surface area (TPSA) is 107 Å². The summed E-state index contributed by atoms with van der Waals surface area (Å²) in [4.78, 5) is 25.6. The Hall–Kier alpha value is -4.31. The van der Waals surface area contributed by atoms with Crippen LogP contribution in [0.25, 0.3) is 5.69 Å². The number of nitrogens with one attached hydrogen (secondary N) is 2. The van der Waals surface area contributed by atoms with Crippen molar-refractivity contribution in [2.24, 2.45) is 0 Å². The molecule has 0 aliphatic rings. The lowest BCUT2D eigenvalue weighted by Gasteiger charge is -2.17. The van der Waals surface area contributed by atoms with E-state index in [0.717, 1.165) is 29.0 Å². The van der Waals surface area contributed by atoms with Gasteiger partial charge in [0.15, 0.2) is 11.0 Å². The minimum atomic E-state index is -0.235.